The molecule has 1 heterocycles. The zero-order valence-corrected chi connectivity index (χ0v) is 18.7. The van der Waals surface area contributed by atoms with Gasteiger partial charge in [-0.05, 0) is 72.7 Å². The van der Waals surface area contributed by atoms with Gasteiger partial charge in [0, 0.05) is 29.9 Å². The molecule has 2 aromatic rings. The summed E-state index contributed by atoms with van der Waals surface area (Å²) < 4.78 is 35.3. The van der Waals surface area contributed by atoms with Crippen molar-refractivity contribution in [2.75, 3.05) is 19.4 Å². The number of esters is 1. The second kappa shape index (κ2) is 9.18. The van der Waals surface area contributed by atoms with E-state index in [2.05, 4.69) is 30.4 Å². The van der Waals surface area contributed by atoms with Crippen molar-refractivity contribution in [3.05, 3.63) is 69.8 Å². The van der Waals surface area contributed by atoms with E-state index in [-0.39, 0.29) is 17.2 Å². The van der Waals surface area contributed by atoms with Gasteiger partial charge in [0.25, 0.3) is 0 Å². The summed E-state index contributed by atoms with van der Waals surface area (Å²) >= 11 is 0. The van der Waals surface area contributed by atoms with E-state index in [4.69, 9.17) is 5.73 Å². The van der Waals surface area contributed by atoms with Gasteiger partial charge in [0.15, 0.2) is 0 Å². The van der Waals surface area contributed by atoms with Crippen LogP contribution in [0.25, 0.3) is 6.08 Å². The summed E-state index contributed by atoms with van der Waals surface area (Å²) in [6.07, 6.45) is 3.26. The Hall–Kier alpha value is -2.73. The Morgan fingerprint density at radius 2 is 1.94 bits per heavy atom. The highest BCUT2D eigenvalue weighted by Gasteiger charge is 2.37. The number of nitrogens with two attached hydrogens (primary N) is 1. The minimum absolute atomic E-state index is 0.0211. The van der Waals surface area contributed by atoms with Crippen LogP contribution in [0.4, 0.5) is 14.5 Å². The summed E-state index contributed by atoms with van der Waals surface area (Å²) in [6.45, 7) is 8.95. The molecule has 1 aliphatic heterocycles. The van der Waals surface area contributed by atoms with Crippen LogP contribution in [0.5, 0.6) is 0 Å². The molecule has 1 aliphatic rings. The normalized spacial score (nSPS) is 19.1. The Kier molecular flexibility index (Phi) is 6.80. The van der Waals surface area contributed by atoms with Gasteiger partial charge in [-0.3, -0.25) is 4.90 Å². The molecule has 3 rings (SSSR count). The van der Waals surface area contributed by atoms with Gasteiger partial charge in [0.2, 0.25) is 0 Å². The molecule has 0 fully saturated rings. The zero-order valence-electron chi connectivity index (χ0n) is 18.7. The molecule has 2 aromatic carbocycles. The molecular weight excluding hydrogens is 398 g/mol. The van der Waals surface area contributed by atoms with Gasteiger partial charge in [-0.2, -0.15) is 0 Å². The van der Waals surface area contributed by atoms with Crippen molar-refractivity contribution >= 4 is 17.7 Å². The summed E-state index contributed by atoms with van der Waals surface area (Å²) in [4.78, 5) is 13.5. The molecule has 0 saturated carbocycles. The van der Waals surface area contributed by atoms with Crippen LogP contribution in [0.1, 0.15) is 54.6 Å². The smallest absolute Gasteiger partial charge is 0.330 e. The maximum absolute atomic E-state index is 15.4. The summed E-state index contributed by atoms with van der Waals surface area (Å²) in [5.41, 5.74) is 10.0. The molecule has 2 atom stereocenters. The van der Waals surface area contributed by atoms with E-state index in [9.17, 15) is 4.79 Å². The molecule has 0 unspecified atom stereocenters. The Bertz CT molecular complexity index is 994. The Morgan fingerprint density at radius 1 is 1.29 bits per heavy atom. The third-order valence-electron chi connectivity index (χ3n) is 5.93. The number of benzene rings is 2. The minimum atomic E-state index is -0.641. The highest BCUT2D eigenvalue weighted by Crippen LogP contribution is 2.42. The number of hydrogen-bond acceptors (Lipinski definition) is 4. The van der Waals surface area contributed by atoms with Crippen molar-refractivity contribution in [3.63, 3.8) is 0 Å². The van der Waals surface area contributed by atoms with Gasteiger partial charge in [-0.1, -0.05) is 19.9 Å². The van der Waals surface area contributed by atoms with Crippen LogP contribution < -0.4 is 5.73 Å². The molecular formula is C25H30F2N2O2. The number of ether oxygens (including phenoxy) is 1. The summed E-state index contributed by atoms with van der Waals surface area (Å²) in [7, 11) is 1.25. The van der Waals surface area contributed by atoms with Gasteiger partial charge in [0.1, 0.15) is 11.6 Å². The van der Waals surface area contributed by atoms with E-state index >= 15 is 8.78 Å². The molecule has 2 N–H and O–H groups in total. The predicted octanol–water partition coefficient (Wildman–Crippen LogP) is 5.03. The van der Waals surface area contributed by atoms with Crippen LogP contribution in [0.15, 0.2) is 30.3 Å². The molecule has 0 aromatic heterocycles. The Balaban J connectivity index is 2.17. The van der Waals surface area contributed by atoms with Crippen LogP contribution in [0.3, 0.4) is 0 Å². The van der Waals surface area contributed by atoms with E-state index < -0.39 is 23.6 Å². The van der Waals surface area contributed by atoms with Gasteiger partial charge in [-0.15, -0.1) is 0 Å². The van der Waals surface area contributed by atoms with Crippen molar-refractivity contribution in [3.8, 4) is 0 Å². The lowest BCUT2D eigenvalue weighted by Gasteiger charge is -2.44. The minimum Gasteiger partial charge on any atom is -0.466 e. The molecule has 31 heavy (non-hydrogen) atoms. The van der Waals surface area contributed by atoms with Crippen molar-refractivity contribution < 1.29 is 18.3 Å². The van der Waals surface area contributed by atoms with Gasteiger partial charge >= 0.3 is 5.97 Å². The number of rotatable bonds is 5. The summed E-state index contributed by atoms with van der Waals surface area (Å²) in [6, 6.07) is 5.76. The van der Waals surface area contributed by atoms with E-state index in [1.807, 2.05) is 19.1 Å². The fourth-order valence-electron chi connectivity index (χ4n) is 4.39. The third kappa shape index (κ3) is 4.64. The van der Waals surface area contributed by atoms with Crippen LogP contribution in [-0.2, 0) is 16.0 Å². The van der Waals surface area contributed by atoms with Gasteiger partial charge in [-0.25, -0.2) is 13.6 Å². The first-order valence-corrected chi connectivity index (χ1v) is 10.5. The quantitative estimate of drug-likeness (QED) is 0.412. The maximum Gasteiger partial charge on any atom is 0.330 e. The molecule has 0 aliphatic carbocycles. The van der Waals surface area contributed by atoms with Crippen molar-refractivity contribution in [2.24, 2.45) is 5.92 Å². The first kappa shape index (κ1) is 22.9. The fraction of sp³-hybridized carbons (Fsp3) is 0.400. The highest BCUT2D eigenvalue weighted by molar-refractivity contribution is 5.86. The third-order valence-corrected chi connectivity index (χ3v) is 5.93. The number of fused-ring (bicyclic) bond motifs is 1. The number of anilines is 1. The number of carbonyl (C=O) groups excluding carboxylic acids is 1. The number of halogens is 2. The van der Waals surface area contributed by atoms with E-state index in [1.54, 1.807) is 0 Å². The molecule has 0 radical (unpaired) electrons. The summed E-state index contributed by atoms with van der Waals surface area (Å²) in [5.74, 6) is -1.54. The lowest BCUT2D eigenvalue weighted by molar-refractivity contribution is -0.134. The molecule has 0 saturated heterocycles. The van der Waals surface area contributed by atoms with Crippen LogP contribution in [0, 0.1) is 24.5 Å². The maximum atomic E-state index is 15.4. The summed E-state index contributed by atoms with van der Waals surface area (Å²) in [5, 5.41) is 0. The molecule has 0 spiro atoms. The van der Waals surface area contributed by atoms with Crippen molar-refractivity contribution in [1.82, 2.24) is 4.90 Å². The lowest BCUT2D eigenvalue weighted by Crippen LogP contribution is -2.45. The average molecular weight is 429 g/mol. The lowest BCUT2D eigenvalue weighted by atomic mass is 9.81. The average Bonchev–Trinajstić information content (AvgIpc) is 2.70. The standard InChI is InChI=1S/C25H30F2N2O2/c1-14(2)13-29-15(3)10-19-16(4)22(28)8-7-18(19)25(29)24-20(26)11-17(12-21(24)27)6-9-23(30)31-5/h6-9,11-12,14-15,25H,10,13,28H2,1-5H3/b9-6+/t15-,25+/m1/s1. The van der Waals surface area contributed by atoms with Crippen LogP contribution in [-0.4, -0.2) is 30.6 Å². The number of carbonyl (C=O) groups is 1. The zero-order chi connectivity index (χ0) is 22.9. The van der Waals surface area contributed by atoms with Crippen molar-refractivity contribution in [1.29, 1.82) is 0 Å². The molecule has 6 heteroatoms. The Morgan fingerprint density at radius 3 is 2.52 bits per heavy atom. The fourth-order valence-corrected chi connectivity index (χ4v) is 4.39. The predicted molar refractivity (Wildman–Crippen MR) is 120 cm³/mol. The molecule has 0 amide bonds. The van der Waals surface area contributed by atoms with Crippen LogP contribution >= 0.6 is 0 Å². The first-order valence-electron chi connectivity index (χ1n) is 10.5. The van der Waals surface area contributed by atoms with E-state index in [0.29, 0.717) is 18.2 Å². The highest BCUT2D eigenvalue weighted by atomic mass is 19.1. The Labute approximate surface area is 182 Å². The number of nitrogens with zero attached hydrogens (tertiary/aromatic N) is 1. The molecule has 0 bridgehead atoms. The van der Waals surface area contributed by atoms with Crippen LogP contribution in [0.2, 0.25) is 0 Å². The second-order valence-electron chi connectivity index (χ2n) is 8.65. The monoisotopic (exact) mass is 428 g/mol. The van der Waals surface area contributed by atoms with Gasteiger partial charge < -0.3 is 10.5 Å². The number of nitrogen functional groups attached to an aromatic ring is 1. The topological polar surface area (TPSA) is 55.6 Å². The SMILES string of the molecule is COC(=O)/C=C/c1cc(F)c([C@@H]2c3ccc(N)c(C)c3C[C@@H](C)N2CC(C)C)c(F)c1. The molecule has 4 nitrogen and oxygen atoms in total. The van der Waals surface area contributed by atoms with E-state index in [1.165, 1.54) is 25.3 Å². The number of hydrogen-bond donors (Lipinski definition) is 1. The second-order valence-corrected chi connectivity index (χ2v) is 8.65. The van der Waals surface area contributed by atoms with Gasteiger partial charge in [0.05, 0.1) is 13.2 Å². The first-order chi connectivity index (χ1) is 14.6. The van der Waals surface area contributed by atoms with E-state index in [0.717, 1.165) is 29.2 Å². The number of methoxy groups -OCH3 is 1. The largest absolute Gasteiger partial charge is 0.466 e. The molecule has 166 valence electrons. The van der Waals surface area contributed by atoms with Crippen molar-refractivity contribution in [2.45, 2.75) is 46.2 Å².